The second kappa shape index (κ2) is 5.41. The van der Waals surface area contributed by atoms with Gasteiger partial charge in [0.25, 0.3) is 0 Å². The van der Waals surface area contributed by atoms with Crippen molar-refractivity contribution in [3.8, 4) is 0 Å². The van der Waals surface area contributed by atoms with Crippen molar-refractivity contribution in [2.45, 2.75) is 38.5 Å². The molecule has 94 valence electrons. The van der Waals surface area contributed by atoms with Gasteiger partial charge in [0.05, 0.1) is 0 Å². The van der Waals surface area contributed by atoms with Gasteiger partial charge in [0.2, 0.25) is 0 Å². The maximum atomic E-state index is 2.62. The van der Waals surface area contributed by atoms with Crippen LogP contribution < -0.4 is 0 Å². The molecule has 0 bridgehead atoms. The van der Waals surface area contributed by atoms with Crippen LogP contribution in [0.2, 0.25) is 0 Å². The molecule has 1 aliphatic heterocycles. The Kier molecular flexibility index (Phi) is 4.11. The minimum atomic E-state index is 0. The second-order valence-electron chi connectivity index (χ2n) is 5.22. The summed E-state index contributed by atoms with van der Waals surface area (Å²) in [5.41, 5.74) is 5.01. The average molecular weight is 252 g/mol. The van der Waals surface area contributed by atoms with E-state index in [0.29, 0.717) is 0 Å². The summed E-state index contributed by atoms with van der Waals surface area (Å²) in [5.74, 6) is 0.822. The molecule has 0 saturated heterocycles. The van der Waals surface area contributed by atoms with E-state index < -0.39 is 0 Å². The molecule has 0 spiro atoms. The summed E-state index contributed by atoms with van der Waals surface area (Å²) in [6.45, 7) is 6.05. The molecule has 2 aliphatic rings. The monoisotopic (exact) mass is 251 g/mol. The van der Waals surface area contributed by atoms with Crippen molar-refractivity contribution < 1.29 is 0 Å². The summed E-state index contributed by atoms with van der Waals surface area (Å²) >= 11 is 0. The second-order valence-corrected chi connectivity index (χ2v) is 5.22. The van der Waals surface area contributed by atoms with Crippen molar-refractivity contribution in [1.82, 2.24) is 4.90 Å². The van der Waals surface area contributed by atoms with Gasteiger partial charge in [-0.2, -0.15) is 0 Å². The van der Waals surface area contributed by atoms with E-state index in [0.717, 1.165) is 5.92 Å². The van der Waals surface area contributed by atoms with E-state index in [4.69, 9.17) is 0 Å². The van der Waals surface area contributed by atoms with Gasteiger partial charge < -0.3 is 4.90 Å². The van der Waals surface area contributed by atoms with Crippen LogP contribution in [0.15, 0.2) is 18.2 Å². The van der Waals surface area contributed by atoms with Crippen molar-refractivity contribution in [1.29, 1.82) is 0 Å². The molecule has 0 N–H and O–H groups in total. The molecule has 1 nitrogen and oxygen atoms in total. The fourth-order valence-electron chi connectivity index (χ4n) is 3.46. The first-order valence-electron chi connectivity index (χ1n) is 6.71. The highest BCUT2D eigenvalue weighted by Gasteiger charge is 2.26. The van der Waals surface area contributed by atoms with Crippen LogP contribution in [0.25, 0.3) is 0 Å². The van der Waals surface area contributed by atoms with Gasteiger partial charge in [-0.1, -0.05) is 25.1 Å². The Hall–Kier alpha value is -0.530. The van der Waals surface area contributed by atoms with Crippen LogP contribution in [-0.4, -0.2) is 24.5 Å². The molecule has 17 heavy (non-hydrogen) atoms. The van der Waals surface area contributed by atoms with Gasteiger partial charge in [0.15, 0.2) is 0 Å². The summed E-state index contributed by atoms with van der Waals surface area (Å²) in [5, 5.41) is 0. The molecule has 1 aliphatic carbocycles. The zero-order valence-electron chi connectivity index (χ0n) is 10.6. The van der Waals surface area contributed by atoms with Crippen LogP contribution in [0.3, 0.4) is 0 Å². The maximum absolute atomic E-state index is 2.62. The number of halogens is 1. The molecule has 0 amide bonds. The van der Waals surface area contributed by atoms with Gasteiger partial charge in [-0.25, -0.2) is 0 Å². The molecular weight excluding hydrogens is 230 g/mol. The van der Waals surface area contributed by atoms with Crippen LogP contribution in [0, 0.1) is 0 Å². The largest absolute Gasteiger partial charge is 0.303 e. The minimum absolute atomic E-state index is 0. The van der Waals surface area contributed by atoms with Crippen molar-refractivity contribution in [3.63, 3.8) is 0 Å². The lowest BCUT2D eigenvalue weighted by Crippen LogP contribution is -2.29. The molecule has 1 aromatic rings. The fourth-order valence-corrected chi connectivity index (χ4v) is 3.46. The third-order valence-electron chi connectivity index (χ3n) is 4.32. The van der Waals surface area contributed by atoms with Crippen LogP contribution in [0.1, 0.15) is 42.4 Å². The number of likely N-dealkylation sites (N-methyl/N-ethyl adjacent to an activating group) is 1. The highest BCUT2D eigenvalue weighted by molar-refractivity contribution is 5.85. The third-order valence-corrected chi connectivity index (χ3v) is 4.32. The standard InChI is InChI=1S/C15H21N.ClH/c1-2-16-10-9-13-7-3-5-12-6-4-8-14(11-16)15(12)13;/h3,5,7,14H,2,4,6,8-11H2,1H3;1H. The van der Waals surface area contributed by atoms with E-state index >= 15 is 0 Å². The summed E-state index contributed by atoms with van der Waals surface area (Å²) in [6, 6.07) is 6.97. The SMILES string of the molecule is CCN1CCc2cccc3c2C(CCC3)C1.Cl. The lowest BCUT2D eigenvalue weighted by Gasteiger charge is -2.28. The number of rotatable bonds is 1. The molecule has 0 saturated carbocycles. The molecular formula is C15H22ClN. The van der Waals surface area contributed by atoms with E-state index in [2.05, 4.69) is 30.0 Å². The Morgan fingerprint density at radius 3 is 2.76 bits per heavy atom. The van der Waals surface area contributed by atoms with E-state index in [-0.39, 0.29) is 12.4 Å². The lowest BCUT2D eigenvalue weighted by atomic mass is 9.80. The summed E-state index contributed by atoms with van der Waals surface area (Å²) in [4.78, 5) is 2.62. The van der Waals surface area contributed by atoms with Crippen molar-refractivity contribution in [3.05, 3.63) is 34.9 Å². The normalized spacial score (nSPS) is 23.5. The third kappa shape index (κ3) is 2.36. The first kappa shape index (κ1) is 12.9. The number of nitrogens with zero attached hydrogens (tertiary/aromatic N) is 1. The maximum Gasteiger partial charge on any atom is 0.00505 e. The van der Waals surface area contributed by atoms with Crippen LogP contribution in [-0.2, 0) is 12.8 Å². The molecule has 1 aromatic carbocycles. The molecule has 1 unspecified atom stereocenters. The quantitative estimate of drug-likeness (QED) is 0.740. The molecule has 0 fully saturated rings. The Balaban J connectivity index is 0.00000108. The summed E-state index contributed by atoms with van der Waals surface area (Å²) in [6.07, 6.45) is 5.36. The molecule has 1 heterocycles. The first-order valence-corrected chi connectivity index (χ1v) is 6.71. The average Bonchev–Trinajstić information content (AvgIpc) is 2.51. The first-order chi connectivity index (χ1) is 7.88. The Bertz CT molecular complexity index is 389. The Morgan fingerprint density at radius 1 is 1.24 bits per heavy atom. The molecule has 1 atom stereocenters. The Morgan fingerprint density at radius 2 is 2.00 bits per heavy atom. The minimum Gasteiger partial charge on any atom is -0.303 e. The van der Waals surface area contributed by atoms with Crippen molar-refractivity contribution in [2.75, 3.05) is 19.6 Å². The Labute approximate surface area is 111 Å². The summed E-state index contributed by atoms with van der Waals surface area (Å²) < 4.78 is 0. The van der Waals surface area contributed by atoms with Gasteiger partial charge >= 0.3 is 0 Å². The molecule has 0 aromatic heterocycles. The molecule has 0 radical (unpaired) electrons. The van der Waals surface area contributed by atoms with Crippen LogP contribution in [0.5, 0.6) is 0 Å². The summed E-state index contributed by atoms with van der Waals surface area (Å²) in [7, 11) is 0. The lowest BCUT2D eigenvalue weighted by molar-refractivity contribution is 0.273. The van der Waals surface area contributed by atoms with Crippen molar-refractivity contribution >= 4 is 12.4 Å². The number of benzene rings is 1. The highest BCUT2D eigenvalue weighted by atomic mass is 35.5. The topological polar surface area (TPSA) is 3.24 Å². The number of aryl methyl sites for hydroxylation is 1. The van der Waals surface area contributed by atoms with Gasteiger partial charge in [-0.3, -0.25) is 0 Å². The van der Waals surface area contributed by atoms with Gasteiger partial charge in [-0.05, 0) is 54.8 Å². The van der Waals surface area contributed by atoms with Gasteiger partial charge in [0.1, 0.15) is 0 Å². The molecule has 3 rings (SSSR count). The number of hydrogen-bond acceptors (Lipinski definition) is 1. The predicted octanol–water partition coefficient (Wildman–Crippen LogP) is 3.41. The van der Waals surface area contributed by atoms with E-state index in [9.17, 15) is 0 Å². The van der Waals surface area contributed by atoms with E-state index in [1.165, 1.54) is 45.3 Å². The van der Waals surface area contributed by atoms with Crippen LogP contribution in [0.4, 0.5) is 0 Å². The van der Waals surface area contributed by atoms with Gasteiger partial charge in [0, 0.05) is 13.1 Å². The fraction of sp³-hybridized carbons (Fsp3) is 0.600. The van der Waals surface area contributed by atoms with E-state index in [1.807, 2.05) is 0 Å². The van der Waals surface area contributed by atoms with E-state index in [1.54, 1.807) is 16.7 Å². The number of hydrogen-bond donors (Lipinski definition) is 0. The highest BCUT2D eigenvalue weighted by Crippen LogP contribution is 2.36. The zero-order valence-corrected chi connectivity index (χ0v) is 11.4. The van der Waals surface area contributed by atoms with Gasteiger partial charge in [-0.15, -0.1) is 12.4 Å². The predicted molar refractivity (Wildman–Crippen MR) is 75.2 cm³/mol. The zero-order chi connectivity index (χ0) is 11.0. The van der Waals surface area contributed by atoms with Crippen molar-refractivity contribution in [2.24, 2.45) is 0 Å². The van der Waals surface area contributed by atoms with Crippen LogP contribution >= 0.6 is 12.4 Å². The smallest absolute Gasteiger partial charge is 0.00505 e. The molecule has 2 heteroatoms.